The molecule has 1 aromatic carbocycles. The van der Waals surface area contributed by atoms with Gasteiger partial charge in [-0.1, -0.05) is 17.7 Å². The molecule has 1 aromatic rings. The van der Waals surface area contributed by atoms with Crippen molar-refractivity contribution < 1.29 is 13.9 Å². The van der Waals surface area contributed by atoms with Gasteiger partial charge in [0.1, 0.15) is 5.82 Å². The minimum absolute atomic E-state index is 0.0197. The van der Waals surface area contributed by atoms with E-state index in [1.165, 1.54) is 6.07 Å². The molecule has 0 spiro atoms. The molecule has 0 saturated carbocycles. The Kier molecular flexibility index (Phi) is 6.02. The molecule has 0 aromatic heterocycles. The molecule has 102 valence electrons. The zero-order valence-electron chi connectivity index (χ0n) is 11.0. The first-order valence-corrected chi connectivity index (χ1v) is 6.14. The van der Waals surface area contributed by atoms with Gasteiger partial charge in [-0.25, -0.2) is 4.39 Å². The summed E-state index contributed by atoms with van der Waals surface area (Å²) < 4.78 is 23.7. The minimum Gasteiger partial charge on any atom is -0.354 e. The van der Waals surface area contributed by atoms with Crippen LogP contribution in [0.2, 0.25) is 5.02 Å². The molecule has 0 heterocycles. The highest BCUT2D eigenvalue weighted by atomic mass is 35.5. The van der Waals surface area contributed by atoms with Crippen LogP contribution in [0, 0.1) is 5.82 Å². The van der Waals surface area contributed by atoms with Crippen LogP contribution in [0.25, 0.3) is 0 Å². The van der Waals surface area contributed by atoms with Crippen LogP contribution in [0.5, 0.6) is 0 Å². The number of hydrogen-bond acceptors (Lipinski definition) is 3. The van der Waals surface area contributed by atoms with Crippen molar-refractivity contribution in [2.75, 3.05) is 14.2 Å². The van der Waals surface area contributed by atoms with Crippen molar-refractivity contribution >= 4 is 11.6 Å². The Labute approximate surface area is 112 Å². The molecule has 18 heavy (non-hydrogen) atoms. The summed E-state index contributed by atoms with van der Waals surface area (Å²) in [4.78, 5) is 0. The molecule has 1 rings (SSSR count). The number of ether oxygens (including phenoxy) is 2. The molecule has 0 bridgehead atoms. The van der Waals surface area contributed by atoms with Crippen molar-refractivity contribution in [3.63, 3.8) is 0 Å². The summed E-state index contributed by atoms with van der Waals surface area (Å²) in [5, 5.41) is 3.42. The second-order valence-electron chi connectivity index (χ2n) is 4.19. The largest absolute Gasteiger partial charge is 0.354 e. The normalized spacial score (nSPS) is 14.8. The standard InChI is InChI=1S/C13H19ClFNO2/c1-8(16-9(2)13(17-3)18-4)10-5-6-11(14)12(15)7-10/h5-9,13,16H,1-4H3. The summed E-state index contributed by atoms with van der Waals surface area (Å²) in [6.07, 6.45) is -0.343. The second-order valence-corrected chi connectivity index (χ2v) is 4.60. The Balaban J connectivity index is 2.69. The van der Waals surface area contributed by atoms with Crippen molar-refractivity contribution in [3.8, 4) is 0 Å². The summed E-state index contributed by atoms with van der Waals surface area (Å²) in [7, 11) is 3.16. The van der Waals surface area contributed by atoms with Gasteiger partial charge >= 0.3 is 0 Å². The Bertz CT molecular complexity index is 385. The molecule has 0 aliphatic rings. The van der Waals surface area contributed by atoms with Crippen LogP contribution in [0.3, 0.4) is 0 Å². The molecule has 0 radical (unpaired) electrons. The monoisotopic (exact) mass is 275 g/mol. The SMILES string of the molecule is COC(OC)C(C)NC(C)c1ccc(Cl)c(F)c1. The molecular formula is C13H19ClFNO2. The van der Waals surface area contributed by atoms with E-state index in [1.54, 1.807) is 26.4 Å². The van der Waals surface area contributed by atoms with Gasteiger partial charge in [0.15, 0.2) is 6.29 Å². The van der Waals surface area contributed by atoms with E-state index in [4.69, 9.17) is 21.1 Å². The highest BCUT2D eigenvalue weighted by Crippen LogP contribution is 2.20. The predicted molar refractivity (Wildman–Crippen MR) is 70.2 cm³/mol. The van der Waals surface area contributed by atoms with Crippen molar-refractivity contribution in [2.24, 2.45) is 0 Å². The van der Waals surface area contributed by atoms with Crippen molar-refractivity contribution in [2.45, 2.75) is 32.2 Å². The van der Waals surface area contributed by atoms with E-state index < -0.39 is 5.82 Å². The molecule has 3 nitrogen and oxygen atoms in total. The highest BCUT2D eigenvalue weighted by Gasteiger charge is 2.18. The van der Waals surface area contributed by atoms with E-state index in [2.05, 4.69) is 5.32 Å². The third kappa shape index (κ3) is 3.92. The van der Waals surface area contributed by atoms with Gasteiger partial charge in [-0.2, -0.15) is 0 Å². The summed E-state index contributed by atoms with van der Waals surface area (Å²) in [6.45, 7) is 3.89. The van der Waals surface area contributed by atoms with Crippen LogP contribution in [0.1, 0.15) is 25.5 Å². The number of hydrogen-bond donors (Lipinski definition) is 1. The van der Waals surface area contributed by atoms with E-state index in [0.717, 1.165) is 5.56 Å². The summed E-state index contributed by atoms with van der Waals surface area (Å²) in [5.74, 6) is -0.412. The number of benzene rings is 1. The van der Waals surface area contributed by atoms with Gasteiger partial charge in [-0.15, -0.1) is 0 Å². The van der Waals surface area contributed by atoms with Crippen molar-refractivity contribution in [1.29, 1.82) is 0 Å². The van der Waals surface area contributed by atoms with E-state index in [0.29, 0.717) is 0 Å². The molecule has 2 unspecified atom stereocenters. The number of rotatable bonds is 6. The fraction of sp³-hybridized carbons (Fsp3) is 0.538. The Hall–Kier alpha value is -0.680. The van der Waals surface area contributed by atoms with Crippen LogP contribution in [0.15, 0.2) is 18.2 Å². The first-order valence-electron chi connectivity index (χ1n) is 5.76. The van der Waals surface area contributed by atoms with Crippen LogP contribution >= 0.6 is 11.6 Å². The average molecular weight is 276 g/mol. The topological polar surface area (TPSA) is 30.5 Å². The number of halogens is 2. The lowest BCUT2D eigenvalue weighted by Gasteiger charge is -2.26. The molecule has 0 amide bonds. The van der Waals surface area contributed by atoms with Gasteiger partial charge in [-0.05, 0) is 31.5 Å². The maximum absolute atomic E-state index is 13.4. The molecule has 0 aliphatic carbocycles. The van der Waals surface area contributed by atoms with Gasteiger partial charge in [0, 0.05) is 20.3 Å². The lowest BCUT2D eigenvalue weighted by Crippen LogP contribution is -2.40. The summed E-state index contributed by atoms with van der Waals surface area (Å²) >= 11 is 5.65. The lowest BCUT2D eigenvalue weighted by molar-refractivity contribution is -0.120. The smallest absolute Gasteiger partial charge is 0.171 e. The first kappa shape index (κ1) is 15.4. The lowest BCUT2D eigenvalue weighted by atomic mass is 10.1. The van der Waals surface area contributed by atoms with Crippen LogP contribution in [-0.4, -0.2) is 26.6 Å². The van der Waals surface area contributed by atoms with E-state index in [-0.39, 0.29) is 23.4 Å². The Morgan fingerprint density at radius 3 is 2.33 bits per heavy atom. The average Bonchev–Trinajstić information content (AvgIpc) is 2.34. The highest BCUT2D eigenvalue weighted by molar-refractivity contribution is 6.30. The van der Waals surface area contributed by atoms with Gasteiger partial charge in [-0.3, -0.25) is 0 Å². The van der Waals surface area contributed by atoms with E-state index in [1.807, 2.05) is 13.8 Å². The van der Waals surface area contributed by atoms with Crippen LogP contribution in [-0.2, 0) is 9.47 Å². The first-order chi connectivity index (χ1) is 8.49. The predicted octanol–water partition coefficient (Wildman–Crippen LogP) is 3.14. The fourth-order valence-electron chi connectivity index (χ4n) is 1.86. The summed E-state index contributed by atoms with van der Waals surface area (Å²) in [6, 6.07) is 4.73. The quantitative estimate of drug-likeness (QED) is 0.809. The van der Waals surface area contributed by atoms with Gasteiger partial charge in [0.25, 0.3) is 0 Å². The molecule has 0 aliphatic heterocycles. The van der Waals surface area contributed by atoms with Gasteiger partial charge < -0.3 is 14.8 Å². The molecule has 2 atom stereocenters. The fourth-order valence-corrected chi connectivity index (χ4v) is 1.97. The Morgan fingerprint density at radius 2 is 1.83 bits per heavy atom. The molecule has 0 saturated heterocycles. The van der Waals surface area contributed by atoms with Gasteiger partial charge in [0.2, 0.25) is 0 Å². The zero-order chi connectivity index (χ0) is 13.7. The van der Waals surface area contributed by atoms with Crippen LogP contribution in [0.4, 0.5) is 4.39 Å². The molecule has 0 fully saturated rings. The number of methoxy groups -OCH3 is 2. The molecule has 5 heteroatoms. The Morgan fingerprint density at radius 1 is 1.22 bits per heavy atom. The third-order valence-electron chi connectivity index (χ3n) is 2.83. The van der Waals surface area contributed by atoms with Crippen molar-refractivity contribution in [1.82, 2.24) is 5.32 Å². The van der Waals surface area contributed by atoms with E-state index >= 15 is 0 Å². The number of nitrogens with one attached hydrogen (secondary N) is 1. The van der Waals surface area contributed by atoms with Crippen molar-refractivity contribution in [3.05, 3.63) is 34.6 Å². The van der Waals surface area contributed by atoms with Crippen LogP contribution < -0.4 is 5.32 Å². The molecular weight excluding hydrogens is 257 g/mol. The maximum atomic E-state index is 13.4. The molecule has 1 N–H and O–H groups in total. The zero-order valence-corrected chi connectivity index (χ0v) is 11.8. The van der Waals surface area contributed by atoms with Gasteiger partial charge in [0.05, 0.1) is 11.1 Å². The maximum Gasteiger partial charge on any atom is 0.171 e. The minimum atomic E-state index is -0.412. The summed E-state index contributed by atoms with van der Waals surface area (Å²) in [5.41, 5.74) is 0.828. The van der Waals surface area contributed by atoms with E-state index in [9.17, 15) is 4.39 Å². The second kappa shape index (κ2) is 7.04. The third-order valence-corrected chi connectivity index (χ3v) is 3.14.